The lowest BCUT2D eigenvalue weighted by molar-refractivity contribution is 0.118. The lowest BCUT2D eigenvalue weighted by Crippen LogP contribution is -2.26. The minimum Gasteiger partial charge on any atom is -0.393 e. The van der Waals surface area contributed by atoms with Crippen LogP contribution in [-0.4, -0.2) is 11.2 Å². The van der Waals surface area contributed by atoms with Gasteiger partial charge in [-0.3, -0.25) is 0 Å². The average molecular weight is 147 g/mol. The van der Waals surface area contributed by atoms with Crippen LogP contribution in [0.3, 0.4) is 0 Å². The fourth-order valence-electron chi connectivity index (χ4n) is 1.42. The third-order valence-electron chi connectivity index (χ3n) is 2.15. The van der Waals surface area contributed by atoms with Gasteiger partial charge in [0, 0.05) is 5.92 Å². The van der Waals surface area contributed by atoms with Crippen LogP contribution < -0.4 is 0 Å². The first-order valence-electron chi connectivity index (χ1n) is 3.94. The van der Waals surface area contributed by atoms with Crippen LogP contribution in [0.15, 0.2) is 30.3 Å². The van der Waals surface area contributed by atoms with E-state index in [2.05, 4.69) is 12.1 Å². The SMILES string of the molecule is OC1C[C](c2ccccc2)C1. The van der Waals surface area contributed by atoms with Gasteiger partial charge in [-0.2, -0.15) is 0 Å². The summed E-state index contributed by atoms with van der Waals surface area (Å²) in [6.45, 7) is 0. The van der Waals surface area contributed by atoms with Crippen molar-refractivity contribution in [3.8, 4) is 0 Å². The summed E-state index contributed by atoms with van der Waals surface area (Å²) in [5, 5.41) is 9.06. The highest BCUT2D eigenvalue weighted by molar-refractivity contribution is 5.34. The first kappa shape index (κ1) is 6.86. The number of aliphatic hydroxyl groups is 1. The van der Waals surface area contributed by atoms with E-state index in [0.29, 0.717) is 0 Å². The van der Waals surface area contributed by atoms with E-state index in [0.717, 1.165) is 12.8 Å². The van der Waals surface area contributed by atoms with Crippen molar-refractivity contribution in [1.82, 2.24) is 0 Å². The summed E-state index contributed by atoms with van der Waals surface area (Å²) in [5.74, 6) is 1.39. The molecule has 1 radical (unpaired) electrons. The molecule has 0 amide bonds. The minimum atomic E-state index is -0.0785. The molecule has 0 heterocycles. The van der Waals surface area contributed by atoms with Gasteiger partial charge in [-0.25, -0.2) is 0 Å². The van der Waals surface area contributed by atoms with Crippen molar-refractivity contribution in [3.63, 3.8) is 0 Å². The third kappa shape index (κ3) is 1.29. The van der Waals surface area contributed by atoms with E-state index in [1.54, 1.807) is 0 Å². The van der Waals surface area contributed by atoms with Crippen LogP contribution in [0.4, 0.5) is 0 Å². The number of rotatable bonds is 1. The molecule has 57 valence electrons. The molecule has 1 heteroatoms. The molecule has 1 aliphatic rings. The highest BCUT2D eigenvalue weighted by Crippen LogP contribution is 2.35. The molecule has 0 spiro atoms. The van der Waals surface area contributed by atoms with Crippen LogP contribution in [0.25, 0.3) is 0 Å². The molecule has 0 saturated heterocycles. The maximum absolute atomic E-state index is 9.06. The maximum atomic E-state index is 9.06. The zero-order chi connectivity index (χ0) is 7.68. The molecule has 1 fully saturated rings. The van der Waals surface area contributed by atoms with Gasteiger partial charge in [-0.1, -0.05) is 30.3 Å². The Kier molecular flexibility index (Phi) is 1.66. The van der Waals surface area contributed by atoms with Crippen LogP contribution in [0.2, 0.25) is 0 Å². The normalized spacial score (nSPS) is 19.7. The fraction of sp³-hybridized carbons (Fsp3) is 0.300. The van der Waals surface area contributed by atoms with Gasteiger partial charge >= 0.3 is 0 Å². The number of benzene rings is 1. The fourth-order valence-corrected chi connectivity index (χ4v) is 1.42. The zero-order valence-corrected chi connectivity index (χ0v) is 6.33. The predicted molar refractivity (Wildman–Crippen MR) is 44.0 cm³/mol. The van der Waals surface area contributed by atoms with E-state index in [-0.39, 0.29) is 6.10 Å². The smallest absolute Gasteiger partial charge is 0.0558 e. The third-order valence-corrected chi connectivity index (χ3v) is 2.15. The van der Waals surface area contributed by atoms with E-state index in [9.17, 15) is 0 Å². The van der Waals surface area contributed by atoms with Crippen LogP contribution in [0.1, 0.15) is 18.4 Å². The van der Waals surface area contributed by atoms with Crippen LogP contribution in [0, 0.1) is 5.92 Å². The Bertz CT molecular complexity index is 224. The Labute approximate surface area is 66.7 Å². The maximum Gasteiger partial charge on any atom is 0.0558 e. The summed E-state index contributed by atoms with van der Waals surface area (Å²) in [6.07, 6.45) is 1.65. The van der Waals surface area contributed by atoms with Gasteiger partial charge in [-0.05, 0) is 18.4 Å². The van der Waals surface area contributed by atoms with Crippen molar-refractivity contribution in [2.45, 2.75) is 18.9 Å². The second-order valence-electron chi connectivity index (χ2n) is 3.03. The average Bonchev–Trinajstić information content (AvgIpc) is 2.01. The molecule has 0 aliphatic heterocycles. The van der Waals surface area contributed by atoms with Crippen LogP contribution in [-0.2, 0) is 0 Å². The first-order valence-corrected chi connectivity index (χ1v) is 3.94. The quantitative estimate of drug-likeness (QED) is 0.641. The van der Waals surface area contributed by atoms with E-state index in [4.69, 9.17) is 5.11 Å². The van der Waals surface area contributed by atoms with Crippen molar-refractivity contribution in [2.24, 2.45) is 0 Å². The summed E-state index contributed by atoms with van der Waals surface area (Å²) < 4.78 is 0. The van der Waals surface area contributed by atoms with E-state index in [1.165, 1.54) is 11.5 Å². The Morgan fingerprint density at radius 1 is 1.09 bits per heavy atom. The predicted octanol–water partition coefficient (Wildman–Crippen LogP) is 1.76. The van der Waals surface area contributed by atoms with Gasteiger partial charge in [0.15, 0.2) is 0 Å². The lowest BCUT2D eigenvalue weighted by atomic mass is 9.78. The summed E-state index contributed by atoms with van der Waals surface area (Å²) in [7, 11) is 0. The van der Waals surface area contributed by atoms with Crippen molar-refractivity contribution >= 4 is 0 Å². The summed E-state index contributed by atoms with van der Waals surface area (Å²) >= 11 is 0. The molecule has 0 atom stereocenters. The molecule has 1 aliphatic carbocycles. The first-order chi connectivity index (χ1) is 5.36. The second-order valence-corrected chi connectivity index (χ2v) is 3.03. The molecule has 1 N–H and O–H groups in total. The number of hydrogen-bond donors (Lipinski definition) is 1. The van der Waals surface area contributed by atoms with E-state index >= 15 is 0 Å². The highest BCUT2D eigenvalue weighted by Gasteiger charge is 2.28. The Morgan fingerprint density at radius 3 is 2.27 bits per heavy atom. The lowest BCUT2D eigenvalue weighted by Gasteiger charge is -2.30. The van der Waals surface area contributed by atoms with Gasteiger partial charge in [0.25, 0.3) is 0 Å². The molecule has 0 bridgehead atoms. The Hall–Kier alpha value is -0.820. The molecule has 1 saturated carbocycles. The molecular formula is C10H11O. The van der Waals surface area contributed by atoms with Crippen molar-refractivity contribution < 1.29 is 5.11 Å². The Morgan fingerprint density at radius 2 is 1.73 bits per heavy atom. The van der Waals surface area contributed by atoms with E-state index < -0.39 is 0 Å². The molecular weight excluding hydrogens is 136 g/mol. The van der Waals surface area contributed by atoms with Gasteiger partial charge in [0.2, 0.25) is 0 Å². The second kappa shape index (κ2) is 2.67. The molecule has 1 aromatic rings. The highest BCUT2D eigenvalue weighted by atomic mass is 16.3. The summed E-state index contributed by atoms with van der Waals surface area (Å²) in [4.78, 5) is 0. The number of hydrogen-bond acceptors (Lipinski definition) is 1. The van der Waals surface area contributed by atoms with Crippen molar-refractivity contribution in [2.75, 3.05) is 0 Å². The summed E-state index contributed by atoms with van der Waals surface area (Å²) in [6, 6.07) is 10.3. The van der Waals surface area contributed by atoms with E-state index in [1.807, 2.05) is 18.2 Å². The van der Waals surface area contributed by atoms with Crippen LogP contribution >= 0.6 is 0 Å². The van der Waals surface area contributed by atoms with Gasteiger partial charge in [0.05, 0.1) is 6.10 Å². The molecule has 1 nitrogen and oxygen atoms in total. The van der Waals surface area contributed by atoms with Gasteiger partial charge < -0.3 is 5.11 Å². The van der Waals surface area contributed by atoms with Crippen LogP contribution in [0.5, 0.6) is 0 Å². The van der Waals surface area contributed by atoms with Gasteiger partial charge in [0.1, 0.15) is 0 Å². The molecule has 1 aromatic carbocycles. The Balaban J connectivity index is 2.08. The standard InChI is InChI=1S/C10H11O/c11-10-6-9(7-10)8-4-2-1-3-5-8/h1-5,10-11H,6-7H2. The largest absolute Gasteiger partial charge is 0.393 e. The molecule has 11 heavy (non-hydrogen) atoms. The monoisotopic (exact) mass is 147 g/mol. The van der Waals surface area contributed by atoms with Crippen molar-refractivity contribution in [3.05, 3.63) is 41.8 Å². The topological polar surface area (TPSA) is 20.2 Å². The summed E-state index contributed by atoms with van der Waals surface area (Å²) in [5.41, 5.74) is 1.29. The minimum absolute atomic E-state index is 0.0785. The number of aliphatic hydroxyl groups excluding tert-OH is 1. The molecule has 0 aromatic heterocycles. The van der Waals surface area contributed by atoms with Crippen molar-refractivity contribution in [1.29, 1.82) is 0 Å². The van der Waals surface area contributed by atoms with Gasteiger partial charge in [-0.15, -0.1) is 0 Å². The molecule has 2 rings (SSSR count). The zero-order valence-electron chi connectivity index (χ0n) is 6.33. The molecule has 0 unspecified atom stereocenters.